The summed E-state index contributed by atoms with van der Waals surface area (Å²) in [5, 5.41) is 0. The first-order chi connectivity index (χ1) is 10.3. The van der Waals surface area contributed by atoms with E-state index >= 15 is 0 Å². The van der Waals surface area contributed by atoms with E-state index in [-0.39, 0.29) is 7.12 Å². The first kappa shape index (κ1) is 15.1. The minimum Gasteiger partial charge on any atom is -0.407 e. The van der Waals surface area contributed by atoms with Crippen LogP contribution >= 0.6 is 0 Å². The van der Waals surface area contributed by atoms with E-state index in [0.29, 0.717) is 5.92 Å². The van der Waals surface area contributed by atoms with E-state index in [1.807, 2.05) is 0 Å². The number of rotatable bonds is 3. The molecule has 2 fully saturated rings. The Bertz CT molecular complexity index is 429. The summed E-state index contributed by atoms with van der Waals surface area (Å²) in [6.45, 7) is 6.21. The Hall–Kier alpha value is -0.795. The Labute approximate surface area is 129 Å². The zero-order valence-corrected chi connectivity index (χ0v) is 13.4. The van der Waals surface area contributed by atoms with Gasteiger partial charge in [-0.1, -0.05) is 51.0 Å². The molecule has 1 aliphatic carbocycles. The summed E-state index contributed by atoms with van der Waals surface area (Å²) in [7, 11) is -0.159. The van der Waals surface area contributed by atoms with Crippen molar-refractivity contribution in [3.8, 4) is 0 Å². The van der Waals surface area contributed by atoms with Crippen molar-refractivity contribution in [2.24, 2.45) is 11.8 Å². The molecule has 3 heteroatoms. The van der Waals surface area contributed by atoms with E-state index in [9.17, 15) is 0 Å². The van der Waals surface area contributed by atoms with Gasteiger partial charge in [0.05, 0.1) is 0 Å². The van der Waals surface area contributed by atoms with Crippen LogP contribution in [0.1, 0.15) is 57.4 Å². The summed E-state index contributed by atoms with van der Waals surface area (Å²) < 4.78 is 11.7. The summed E-state index contributed by atoms with van der Waals surface area (Å²) in [5.74, 6) is 2.23. The third-order valence-corrected chi connectivity index (χ3v) is 5.24. The molecule has 0 N–H and O–H groups in total. The monoisotopic (exact) mass is 286 g/mol. The van der Waals surface area contributed by atoms with Crippen molar-refractivity contribution in [1.82, 2.24) is 0 Å². The van der Waals surface area contributed by atoms with Crippen LogP contribution in [0.15, 0.2) is 24.3 Å². The van der Waals surface area contributed by atoms with E-state index in [1.165, 1.54) is 31.2 Å². The molecule has 114 valence electrons. The minimum atomic E-state index is -0.159. The smallest absolute Gasteiger partial charge is 0.407 e. The van der Waals surface area contributed by atoms with Gasteiger partial charge in [0, 0.05) is 19.1 Å². The molecule has 1 aliphatic heterocycles. The molecule has 0 atom stereocenters. The van der Waals surface area contributed by atoms with E-state index in [1.54, 1.807) is 0 Å². The fraction of sp³-hybridized carbons (Fsp3) is 0.667. The molecule has 2 nitrogen and oxygen atoms in total. The van der Waals surface area contributed by atoms with Gasteiger partial charge < -0.3 is 9.31 Å². The van der Waals surface area contributed by atoms with Crippen molar-refractivity contribution in [1.29, 1.82) is 0 Å². The highest BCUT2D eigenvalue weighted by atomic mass is 16.6. The molecule has 0 radical (unpaired) electrons. The summed E-state index contributed by atoms with van der Waals surface area (Å²) in [6.07, 6.45) is 6.56. The van der Waals surface area contributed by atoms with Gasteiger partial charge >= 0.3 is 7.12 Å². The van der Waals surface area contributed by atoms with Crippen LogP contribution in [-0.4, -0.2) is 20.3 Å². The highest BCUT2D eigenvalue weighted by Gasteiger charge is 2.28. The third-order valence-electron chi connectivity index (χ3n) is 5.24. The van der Waals surface area contributed by atoms with Crippen LogP contribution in [0.3, 0.4) is 0 Å². The van der Waals surface area contributed by atoms with Gasteiger partial charge in [-0.25, -0.2) is 0 Å². The van der Waals surface area contributed by atoms with Crippen molar-refractivity contribution in [2.75, 3.05) is 13.2 Å². The van der Waals surface area contributed by atoms with Crippen LogP contribution in [0.5, 0.6) is 0 Å². The molecule has 0 amide bonds. The average Bonchev–Trinajstić information content (AvgIpc) is 2.56. The van der Waals surface area contributed by atoms with Crippen molar-refractivity contribution in [3.63, 3.8) is 0 Å². The predicted molar refractivity (Wildman–Crippen MR) is 87.9 cm³/mol. The summed E-state index contributed by atoms with van der Waals surface area (Å²) in [5.41, 5.74) is 2.66. The Kier molecular flexibility index (Phi) is 5.02. The van der Waals surface area contributed by atoms with Crippen molar-refractivity contribution < 1.29 is 9.31 Å². The fourth-order valence-corrected chi connectivity index (χ4v) is 3.49. The second-order valence-electron chi connectivity index (χ2n) is 6.90. The van der Waals surface area contributed by atoms with Crippen LogP contribution in [0.4, 0.5) is 0 Å². The largest absolute Gasteiger partial charge is 0.493 e. The maximum Gasteiger partial charge on any atom is 0.493 e. The van der Waals surface area contributed by atoms with Gasteiger partial charge in [-0.2, -0.15) is 0 Å². The Morgan fingerprint density at radius 2 is 1.62 bits per heavy atom. The zero-order chi connectivity index (χ0) is 14.7. The average molecular weight is 286 g/mol. The molecular weight excluding hydrogens is 259 g/mol. The molecule has 1 saturated carbocycles. The standard InChI is InChI=1S/C18H27BO2/c1-3-15-12-20-19(21-13-15)18-10-8-17(9-11-18)16-6-4-14(2)5-7-16/h8-11,14-16H,3-7,12-13H2,1-2H3. The molecule has 1 aromatic rings. The molecule has 1 saturated heterocycles. The lowest BCUT2D eigenvalue weighted by Crippen LogP contribution is -2.44. The van der Waals surface area contributed by atoms with Crippen LogP contribution in [-0.2, 0) is 9.31 Å². The van der Waals surface area contributed by atoms with Crippen molar-refractivity contribution in [3.05, 3.63) is 29.8 Å². The first-order valence-corrected chi connectivity index (χ1v) is 8.59. The first-order valence-electron chi connectivity index (χ1n) is 8.59. The van der Waals surface area contributed by atoms with Crippen LogP contribution < -0.4 is 5.46 Å². The summed E-state index contributed by atoms with van der Waals surface area (Å²) in [6, 6.07) is 8.97. The van der Waals surface area contributed by atoms with Crippen LogP contribution in [0.25, 0.3) is 0 Å². The highest BCUT2D eigenvalue weighted by molar-refractivity contribution is 6.61. The molecule has 1 heterocycles. The lowest BCUT2D eigenvalue weighted by molar-refractivity contribution is 0.0850. The molecule has 2 aliphatic rings. The van der Waals surface area contributed by atoms with Gasteiger partial charge in [-0.15, -0.1) is 0 Å². The predicted octanol–water partition coefficient (Wildman–Crippen LogP) is 3.75. The van der Waals surface area contributed by atoms with E-state index in [2.05, 4.69) is 38.1 Å². The highest BCUT2D eigenvalue weighted by Crippen LogP contribution is 2.35. The van der Waals surface area contributed by atoms with Gasteiger partial charge in [-0.05, 0) is 42.1 Å². The van der Waals surface area contributed by atoms with Crippen molar-refractivity contribution in [2.45, 2.75) is 51.9 Å². The van der Waals surface area contributed by atoms with Crippen molar-refractivity contribution >= 4 is 12.6 Å². The molecule has 0 aromatic heterocycles. The van der Waals surface area contributed by atoms with Crippen LogP contribution in [0, 0.1) is 11.8 Å². The molecule has 3 rings (SSSR count). The molecule has 0 unspecified atom stereocenters. The minimum absolute atomic E-state index is 0.159. The van der Waals surface area contributed by atoms with Gasteiger partial charge in [0.25, 0.3) is 0 Å². The number of benzene rings is 1. The lowest BCUT2D eigenvalue weighted by atomic mass is 9.75. The van der Waals surface area contributed by atoms with Gasteiger partial charge in [0.1, 0.15) is 0 Å². The topological polar surface area (TPSA) is 18.5 Å². The Morgan fingerprint density at radius 3 is 2.19 bits per heavy atom. The maximum absolute atomic E-state index is 5.84. The molecule has 0 bridgehead atoms. The zero-order valence-electron chi connectivity index (χ0n) is 13.4. The van der Waals surface area contributed by atoms with E-state index in [4.69, 9.17) is 9.31 Å². The third kappa shape index (κ3) is 3.70. The summed E-state index contributed by atoms with van der Waals surface area (Å²) >= 11 is 0. The maximum atomic E-state index is 5.84. The van der Waals surface area contributed by atoms with Gasteiger partial charge in [0.15, 0.2) is 0 Å². The van der Waals surface area contributed by atoms with Crippen LogP contribution in [0.2, 0.25) is 0 Å². The van der Waals surface area contributed by atoms with E-state index < -0.39 is 0 Å². The van der Waals surface area contributed by atoms with E-state index in [0.717, 1.165) is 36.9 Å². The second kappa shape index (κ2) is 6.98. The van der Waals surface area contributed by atoms with Gasteiger partial charge in [-0.3, -0.25) is 0 Å². The summed E-state index contributed by atoms with van der Waals surface area (Å²) in [4.78, 5) is 0. The Balaban J connectivity index is 1.59. The Morgan fingerprint density at radius 1 is 1.00 bits per heavy atom. The molecule has 0 spiro atoms. The molecular formula is C18H27BO2. The molecule has 21 heavy (non-hydrogen) atoms. The lowest BCUT2D eigenvalue weighted by Gasteiger charge is -2.28. The SMILES string of the molecule is CCC1COB(c2ccc(C3CCC(C)CC3)cc2)OC1. The number of hydrogen-bond acceptors (Lipinski definition) is 2. The second-order valence-corrected chi connectivity index (χ2v) is 6.90. The normalized spacial score (nSPS) is 27.8. The quantitative estimate of drug-likeness (QED) is 0.788. The fourth-order valence-electron chi connectivity index (χ4n) is 3.49. The number of hydrogen-bond donors (Lipinski definition) is 0. The molecule has 1 aromatic carbocycles. The van der Waals surface area contributed by atoms with Gasteiger partial charge in [0.2, 0.25) is 0 Å².